The number of carbonyl (C=O) groups excluding carboxylic acids is 4. The lowest BCUT2D eigenvalue weighted by Crippen LogP contribution is -2.54. The van der Waals surface area contributed by atoms with E-state index in [4.69, 9.17) is 23.9 Å². The number of H-pyrrole nitrogens is 2. The van der Waals surface area contributed by atoms with E-state index in [1.54, 1.807) is 22.9 Å². The molecule has 4 N–H and O–H groups in total. The lowest BCUT2D eigenvalue weighted by molar-refractivity contribution is -0.137. The molecule has 5 atom stereocenters. The van der Waals surface area contributed by atoms with Crippen molar-refractivity contribution in [2.24, 2.45) is 5.92 Å². The Hall–Kier alpha value is -6.34. The third-order valence-corrected chi connectivity index (χ3v) is 11.2. The number of fused-ring (bicyclic) bond motifs is 3. The summed E-state index contributed by atoms with van der Waals surface area (Å²) in [5.41, 5.74) is 5.83. The second-order valence-electron chi connectivity index (χ2n) is 15.2. The first-order valence-electron chi connectivity index (χ1n) is 19.9. The predicted octanol–water partition coefficient (Wildman–Crippen LogP) is 5.23. The zero-order chi connectivity index (χ0) is 41.8. The summed E-state index contributed by atoms with van der Waals surface area (Å²) in [4.78, 5) is 71.2. The smallest absolute Gasteiger partial charge is 0.407 e. The first kappa shape index (κ1) is 40.8. The minimum atomic E-state index is -0.916. The highest BCUT2D eigenvalue weighted by molar-refractivity contribution is 5.87. The van der Waals surface area contributed by atoms with Crippen LogP contribution in [-0.4, -0.2) is 106 Å². The number of amides is 4. The van der Waals surface area contributed by atoms with Crippen LogP contribution in [0.3, 0.4) is 0 Å². The van der Waals surface area contributed by atoms with Crippen LogP contribution in [0.1, 0.15) is 87.0 Å². The predicted molar refractivity (Wildman–Crippen MR) is 216 cm³/mol. The molecule has 2 saturated heterocycles. The highest BCUT2D eigenvalue weighted by Gasteiger charge is 2.40. The Bertz CT molecular complexity index is 2260. The second-order valence-corrected chi connectivity index (χ2v) is 15.2. The average molecular weight is 807 g/mol. The van der Waals surface area contributed by atoms with Crippen LogP contribution in [0.4, 0.5) is 9.59 Å². The molecule has 3 aliphatic rings. The molecule has 2 fully saturated rings. The molecule has 16 heteroatoms. The van der Waals surface area contributed by atoms with Crippen molar-refractivity contribution in [3.8, 4) is 40.1 Å². The molecular weight excluding hydrogens is 757 g/mol. The fraction of sp³-hybridized carbons (Fsp3) is 0.442. The summed E-state index contributed by atoms with van der Waals surface area (Å²) < 4.78 is 21.1. The van der Waals surface area contributed by atoms with Crippen molar-refractivity contribution in [2.45, 2.75) is 83.3 Å². The Kier molecular flexibility index (Phi) is 12.2. The van der Waals surface area contributed by atoms with Gasteiger partial charge in [-0.1, -0.05) is 37.8 Å². The maximum Gasteiger partial charge on any atom is 0.407 e. The van der Waals surface area contributed by atoms with Crippen molar-refractivity contribution < 1.29 is 38.1 Å². The lowest BCUT2D eigenvalue weighted by Gasteiger charge is -2.30. The zero-order valence-corrected chi connectivity index (χ0v) is 34.1. The van der Waals surface area contributed by atoms with Gasteiger partial charge in [-0.2, -0.15) is 0 Å². The van der Waals surface area contributed by atoms with Gasteiger partial charge in [0.2, 0.25) is 11.8 Å². The summed E-state index contributed by atoms with van der Waals surface area (Å²) in [6, 6.07) is 11.5. The number of methoxy groups -OCH3 is 3. The van der Waals surface area contributed by atoms with Gasteiger partial charge in [0.25, 0.3) is 0 Å². The summed E-state index contributed by atoms with van der Waals surface area (Å²) in [5.74, 6) is 8.02. The molecule has 7 rings (SSSR count). The molecule has 0 aliphatic carbocycles. The molecule has 5 heterocycles. The Balaban J connectivity index is 1.02. The van der Waals surface area contributed by atoms with E-state index in [1.807, 2.05) is 56.3 Å². The zero-order valence-electron chi connectivity index (χ0n) is 34.1. The van der Waals surface area contributed by atoms with E-state index in [9.17, 15) is 19.2 Å². The van der Waals surface area contributed by atoms with Crippen LogP contribution in [0.15, 0.2) is 48.7 Å². The molecule has 16 nitrogen and oxygen atoms in total. The molecule has 0 saturated carbocycles. The highest BCUT2D eigenvalue weighted by Crippen LogP contribution is 2.40. The molecule has 0 unspecified atom stereocenters. The van der Waals surface area contributed by atoms with Crippen molar-refractivity contribution in [3.63, 3.8) is 0 Å². The average Bonchev–Trinajstić information content (AvgIpc) is 4.09. The number of nitrogens with zero attached hydrogens (tertiary/aromatic N) is 4. The van der Waals surface area contributed by atoms with Gasteiger partial charge < -0.3 is 49.3 Å². The number of ether oxygens (including phenoxy) is 4. The number of nitrogens with one attached hydrogen (secondary N) is 4. The fourth-order valence-corrected chi connectivity index (χ4v) is 7.90. The van der Waals surface area contributed by atoms with Gasteiger partial charge in [-0.25, -0.2) is 19.6 Å². The number of aromatic amines is 2. The Morgan fingerprint density at radius 2 is 1.42 bits per heavy atom. The lowest BCUT2D eigenvalue weighted by atomic mass is 10.0. The fourth-order valence-electron chi connectivity index (χ4n) is 7.90. The molecular formula is C43H50N8O8. The second kappa shape index (κ2) is 17.7. The van der Waals surface area contributed by atoms with E-state index >= 15 is 0 Å². The SMILES string of the molecule is COC(=O)N[C@H](C(=O)N1CCC[C@H]1c1ncc(-c2ccc(C#Cc3ccc4c(c3)OCc3nc([C@@H]5CCCN5C(=O)[C@@H](NC(=O)OC)[C@@H](C)OC)[nH]c3-4)cc2)[nH]1)C(C)C. The van der Waals surface area contributed by atoms with E-state index in [0.717, 1.165) is 65.0 Å². The number of likely N-dealkylation sites (tertiary alicyclic amines) is 2. The molecule has 2 aromatic carbocycles. The van der Waals surface area contributed by atoms with E-state index in [2.05, 4.69) is 37.4 Å². The first-order valence-corrected chi connectivity index (χ1v) is 19.9. The van der Waals surface area contributed by atoms with E-state index in [-0.39, 0.29) is 36.4 Å². The maximum absolute atomic E-state index is 13.7. The maximum atomic E-state index is 13.7. The van der Waals surface area contributed by atoms with Gasteiger partial charge in [-0.05, 0) is 74.4 Å². The van der Waals surface area contributed by atoms with Gasteiger partial charge >= 0.3 is 12.2 Å². The van der Waals surface area contributed by atoms with Crippen LogP contribution in [-0.2, 0) is 30.4 Å². The Labute approximate surface area is 342 Å². The number of carbonyl (C=O) groups is 4. The number of hydrogen-bond donors (Lipinski definition) is 4. The summed E-state index contributed by atoms with van der Waals surface area (Å²) in [6.07, 6.45) is 2.98. The molecule has 59 heavy (non-hydrogen) atoms. The summed E-state index contributed by atoms with van der Waals surface area (Å²) in [7, 11) is 4.03. The number of imidazole rings is 2. The van der Waals surface area contributed by atoms with Crippen molar-refractivity contribution in [1.82, 2.24) is 40.4 Å². The molecule has 0 bridgehead atoms. The number of alkyl carbamates (subject to hydrolysis) is 2. The van der Waals surface area contributed by atoms with Crippen LogP contribution < -0.4 is 15.4 Å². The van der Waals surface area contributed by atoms with E-state index < -0.39 is 30.4 Å². The third kappa shape index (κ3) is 8.61. The Morgan fingerprint density at radius 3 is 2.07 bits per heavy atom. The summed E-state index contributed by atoms with van der Waals surface area (Å²) >= 11 is 0. The monoisotopic (exact) mass is 806 g/mol. The van der Waals surface area contributed by atoms with Crippen LogP contribution >= 0.6 is 0 Å². The summed E-state index contributed by atoms with van der Waals surface area (Å²) in [5, 5.41) is 5.31. The molecule has 4 aromatic rings. The minimum absolute atomic E-state index is 0.114. The van der Waals surface area contributed by atoms with Gasteiger partial charge in [0.1, 0.15) is 41.8 Å². The largest absolute Gasteiger partial charge is 0.486 e. The van der Waals surface area contributed by atoms with Gasteiger partial charge in [0, 0.05) is 36.9 Å². The van der Waals surface area contributed by atoms with Crippen molar-refractivity contribution in [3.05, 3.63) is 77.1 Å². The van der Waals surface area contributed by atoms with Gasteiger partial charge in [0.15, 0.2) is 0 Å². The van der Waals surface area contributed by atoms with Crippen molar-refractivity contribution >= 4 is 24.0 Å². The highest BCUT2D eigenvalue weighted by atomic mass is 16.5. The molecule has 0 spiro atoms. The number of rotatable bonds is 10. The van der Waals surface area contributed by atoms with Gasteiger partial charge in [-0.3, -0.25) is 9.59 Å². The van der Waals surface area contributed by atoms with Gasteiger partial charge in [-0.15, -0.1) is 0 Å². The van der Waals surface area contributed by atoms with Crippen LogP contribution in [0, 0.1) is 17.8 Å². The van der Waals surface area contributed by atoms with Crippen LogP contribution in [0.2, 0.25) is 0 Å². The topological polar surface area (TPSA) is 193 Å². The molecule has 2 aromatic heterocycles. The van der Waals surface area contributed by atoms with Gasteiger partial charge in [0.05, 0.1) is 50.0 Å². The Morgan fingerprint density at radius 1 is 0.814 bits per heavy atom. The third-order valence-electron chi connectivity index (χ3n) is 11.2. The molecule has 310 valence electrons. The molecule has 4 amide bonds. The van der Waals surface area contributed by atoms with Crippen LogP contribution in [0.5, 0.6) is 5.75 Å². The van der Waals surface area contributed by atoms with Crippen molar-refractivity contribution in [2.75, 3.05) is 34.4 Å². The van der Waals surface area contributed by atoms with Crippen molar-refractivity contribution in [1.29, 1.82) is 0 Å². The number of benzene rings is 2. The number of hydrogen-bond acceptors (Lipinski definition) is 10. The van der Waals surface area contributed by atoms with E-state index in [0.29, 0.717) is 30.5 Å². The number of aromatic nitrogens is 4. The first-order chi connectivity index (χ1) is 28.5. The minimum Gasteiger partial charge on any atom is -0.486 e. The summed E-state index contributed by atoms with van der Waals surface area (Å²) in [6.45, 7) is 6.88. The quantitative estimate of drug-likeness (QED) is 0.154. The molecule has 3 aliphatic heterocycles. The standard InChI is InChI=1S/C43H50N8O8/c1-24(2)35(48-42(54)57-5)40(52)50-19-7-9-32(50)38-44-22-30(45-38)28-16-13-26(14-17-28)11-12-27-15-18-29-34(21-27)59-23-31-37(29)47-39(46-31)33-10-8-20-51(33)41(53)36(25(3)56-4)49-43(55)58-6/h13-18,21-22,24-25,32-33,35-36H,7-10,19-20,23H2,1-6H3,(H,44,45)(H,46,47)(H,48,54)(H,49,55)/t25-,32+,33+,35+,36+/m1/s1. The van der Waals surface area contributed by atoms with E-state index in [1.165, 1.54) is 21.3 Å². The molecule has 0 radical (unpaired) electrons. The van der Waals surface area contributed by atoms with Crippen LogP contribution in [0.25, 0.3) is 22.5 Å². The normalized spacial score (nSPS) is 18.4.